The summed E-state index contributed by atoms with van der Waals surface area (Å²) in [6.07, 6.45) is 0. The molecule has 0 radical (unpaired) electrons. The van der Waals surface area contributed by atoms with Crippen LogP contribution in [0.15, 0.2) is 53.9 Å². The summed E-state index contributed by atoms with van der Waals surface area (Å²) in [6.45, 7) is 0. The Hall–Kier alpha value is -3.20. The van der Waals surface area contributed by atoms with E-state index < -0.39 is 9.85 Å². The van der Waals surface area contributed by atoms with E-state index in [2.05, 4.69) is 5.10 Å². The molecule has 0 atom stereocenters. The quantitative estimate of drug-likeness (QED) is 0.416. The molecule has 1 aromatic heterocycles. The summed E-state index contributed by atoms with van der Waals surface area (Å²) in [5.74, 6) is 0. The van der Waals surface area contributed by atoms with Gasteiger partial charge in [0.1, 0.15) is 6.07 Å². The average molecular weight is 329 g/mol. The second-order valence-electron chi connectivity index (χ2n) is 4.53. The molecule has 0 N–H and O–H groups in total. The number of nitro groups is 2. The van der Waals surface area contributed by atoms with Crippen molar-refractivity contribution >= 4 is 22.9 Å². The standard InChI is InChI=1S/C14H9N4O4S/c19-17(20)11-6-7-13(14(8-11)18(21)22)16-15-12(9-23-16)10-4-2-1-3-5-10/h1-9H/q+1. The van der Waals surface area contributed by atoms with Gasteiger partial charge in [-0.05, 0) is 0 Å². The number of rotatable bonds is 4. The first-order chi connectivity index (χ1) is 11.1. The molecule has 0 amide bonds. The minimum Gasteiger partial charge on any atom is -0.258 e. The van der Waals surface area contributed by atoms with Gasteiger partial charge in [0.25, 0.3) is 5.69 Å². The van der Waals surface area contributed by atoms with Crippen molar-refractivity contribution in [2.45, 2.75) is 0 Å². The summed E-state index contributed by atoms with van der Waals surface area (Å²) in [7, 11) is 0. The number of hydrogen-bond acceptors (Lipinski definition) is 6. The van der Waals surface area contributed by atoms with E-state index >= 15 is 0 Å². The molecule has 0 aliphatic carbocycles. The van der Waals surface area contributed by atoms with E-state index in [1.807, 2.05) is 30.3 Å². The van der Waals surface area contributed by atoms with Gasteiger partial charge < -0.3 is 0 Å². The lowest BCUT2D eigenvalue weighted by molar-refractivity contribution is -0.592. The molecular weight excluding hydrogens is 320 g/mol. The first-order valence-electron chi connectivity index (χ1n) is 6.43. The van der Waals surface area contributed by atoms with Gasteiger partial charge in [0, 0.05) is 26.9 Å². The molecular formula is C14H9N4O4S+. The molecule has 0 aliphatic heterocycles. The second kappa shape index (κ2) is 5.89. The van der Waals surface area contributed by atoms with Crippen LogP contribution in [0.3, 0.4) is 0 Å². The van der Waals surface area contributed by atoms with Gasteiger partial charge in [-0.15, -0.1) is 0 Å². The molecule has 23 heavy (non-hydrogen) atoms. The van der Waals surface area contributed by atoms with E-state index in [4.69, 9.17) is 0 Å². The van der Waals surface area contributed by atoms with E-state index in [0.29, 0.717) is 5.69 Å². The van der Waals surface area contributed by atoms with E-state index in [9.17, 15) is 20.2 Å². The molecule has 0 fully saturated rings. The van der Waals surface area contributed by atoms with Crippen LogP contribution in [0.2, 0.25) is 0 Å². The SMILES string of the molecule is O=[N+]([O-])c1ccc(-[n+]2nc(-c3ccccc3)cs2)c([N+](=O)[O-])c1. The van der Waals surface area contributed by atoms with Crippen molar-refractivity contribution in [3.63, 3.8) is 0 Å². The summed E-state index contributed by atoms with van der Waals surface area (Å²) in [5, 5.41) is 28.1. The van der Waals surface area contributed by atoms with E-state index in [1.54, 1.807) is 5.38 Å². The summed E-state index contributed by atoms with van der Waals surface area (Å²) < 4.78 is 1.38. The van der Waals surface area contributed by atoms with Crippen LogP contribution in [0.1, 0.15) is 0 Å². The van der Waals surface area contributed by atoms with Crippen molar-refractivity contribution in [1.82, 2.24) is 5.10 Å². The van der Waals surface area contributed by atoms with Gasteiger partial charge in [0.2, 0.25) is 0 Å². The van der Waals surface area contributed by atoms with Crippen LogP contribution >= 0.6 is 11.5 Å². The van der Waals surface area contributed by atoms with E-state index in [0.717, 1.165) is 11.6 Å². The highest BCUT2D eigenvalue weighted by Crippen LogP contribution is 2.26. The Morgan fingerprint density at radius 2 is 1.74 bits per heavy atom. The van der Waals surface area contributed by atoms with Crippen molar-refractivity contribution < 1.29 is 13.9 Å². The van der Waals surface area contributed by atoms with Crippen molar-refractivity contribution in [3.8, 4) is 16.9 Å². The Morgan fingerprint density at radius 3 is 2.39 bits per heavy atom. The minimum atomic E-state index is -0.668. The second-order valence-corrected chi connectivity index (χ2v) is 5.33. The number of benzene rings is 2. The Bertz CT molecular complexity index is 895. The van der Waals surface area contributed by atoms with Gasteiger partial charge in [0.15, 0.2) is 17.2 Å². The molecule has 0 saturated carbocycles. The Labute approximate surface area is 133 Å². The number of aromatic nitrogens is 2. The van der Waals surface area contributed by atoms with Gasteiger partial charge in [-0.3, -0.25) is 20.2 Å². The maximum absolute atomic E-state index is 11.2. The van der Waals surface area contributed by atoms with Crippen LogP contribution in [0.5, 0.6) is 0 Å². The van der Waals surface area contributed by atoms with Crippen molar-refractivity contribution in [2.24, 2.45) is 0 Å². The Balaban J connectivity index is 2.07. The molecule has 0 bridgehead atoms. The van der Waals surface area contributed by atoms with E-state index in [-0.39, 0.29) is 17.1 Å². The summed E-state index contributed by atoms with van der Waals surface area (Å²) >= 11 is 1.17. The number of hydrogen-bond donors (Lipinski definition) is 0. The zero-order valence-corrected chi connectivity index (χ0v) is 12.3. The lowest BCUT2D eigenvalue weighted by atomic mass is 10.2. The van der Waals surface area contributed by atoms with Crippen LogP contribution in [0.4, 0.5) is 11.4 Å². The minimum absolute atomic E-state index is 0.188. The first kappa shape index (κ1) is 14.7. The van der Waals surface area contributed by atoms with Crippen LogP contribution in [0, 0.1) is 20.2 Å². The maximum atomic E-state index is 11.2. The lowest BCUT2D eigenvalue weighted by Gasteiger charge is -1.94. The zero-order chi connectivity index (χ0) is 16.4. The fourth-order valence-corrected chi connectivity index (χ4v) is 2.81. The molecule has 0 spiro atoms. The molecule has 2 aromatic carbocycles. The smallest absolute Gasteiger partial charge is 0.258 e. The predicted octanol–water partition coefficient (Wildman–Crippen LogP) is 2.90. The maximum Gasteiger partial charge on any atom is 0.351 e. The van der Waals surface area contributed by atoms with E-state index in [1.165, 1.54) is 27.7 Å². The third-order valence-electron chi connectivity index (χ3n) is 3.10. The molecule has 3 rings (SSSR count). The Kier molecular flexibility index (Phi) is 3.77. The highest BCUT2D eigenvalue weighted by atomic mass is 32.1. The van der Waals surface area contributed by atoms with Gasteiger partial charge in [0.05, 0.1) is 15.2 Å². The number of nitro benzene ring substituents is 2. The zero-order valence-electron chi connectivity index (χ0n) is 11.5. The fourth-order valence-electron chi connectivity index (χ4n) is 2.02. The lowest BCUT2D eigenvalue weighted by Crippen LogP contribution is -2.30. The third-order valence-corrected chi connectivity index (χ3v) is 3.91. The number of non-ortho nitro benzene ring substituents is 1. The summed E-state index contributed by atoms with van der Waals surface area (Å²) in [6, 6.07) is 12.9. The van der Waals surface area contributed by atoms with Crippen LogP contribution < -0.4 is 4.07 Å². The van der Waals surface area contributed by atoms with Crippen molar-refractivity contribution in [2.75, 3.05) is 0 Å². The largest absolute Gasteiger partial charge is 0.351 e. The summed E-state index contributed by atoms with van der Waals surface area (Å²) in [5.41, 5.74) is 1.04. The average Bonchev–Trinajstić information content (AvgIpc) is 3.04. The van der Waals surface area contributed by atoms with Crippen LogP contribution in [-0.2, 0) is 0 Å². The van der Waals surface area contributed by atoms with Crippen molar-refractivity contribution in [3.05, 3.63) is 74.1 Å². The predicted molar refractivity (Wildman–Crippen MR) is 82.4 cm³/mol. The highest BCUT2D eigenvalue weighted by Gasteiger charge is 2.29. The topological polar surface area (TPSA) is 103 Å². The van der Waals surface area contributed by atoms with Crippen molar-refractivity contribution in [1.29, 1.82) is 0 Å². The van der Waals surface area contributed by atoms with Crippen LogP contribution in [-0.4, -0.2) is 14.9 Å². The molecule has 114 valence electrons. The fraction of sp³-hybridized carbons (Fsp3) is 0. The van der Waals surface area contributed by atoms with Gasteiger partial charge in [-0.2, -0.15) is 0 Å². The highest BCUT2D eigenvalue weighted by molar-refractivity contribution is 6.99. The molecule has 1 heterocycles. The molecule has 9 heteroatoms. The van der Waals surface area contributed by atoms with Gasteiger partial charge in [-0.1, -0.05) is 30.3 Å². The monoisotopic (exact) mass is 329 g/mol. The van der Waals surface area contributed by atoms with Gasteiger partial charge in [-0.25, -0.2) is 0 Å². The molecule has 0 aliphatic rings. The summed E-state index contributed by atoms with van der Waals surface area (Å²) in [4.78, 5) is 20.6. The number of nitrogens with zero attached hydrogens (tertiary/aromatic N) is 4. The normalized spacial score (nSPS) is 10.4. The first-order valence-corrected chi connectivity index (χ1v) is 7.27. The molecule has 8 nitrogen and oxygen atoms in total. The third kappa shape index (κ3) is 2.90. The Morgan fingerprint density at radius 1 is 1.00 bits per heavy atom. The molecule has 3 aromatic rings. The van der Waals surface area contributed by atoms with Crippen LogP contribution in [0.25, 0.3) is 16.9 Å². The van der Waals surface area contributed by atoms with Gasteiger partial charge >= 0.3 is 11.4 Å². The molecule has 0 saturated heterocycles. The molecule has 0 unspecified atom stereocenters.